The Hall–Kier alpha value is -4.15. The monoisotopic (exact) mass is 549 g/mol. The van der Waals surface area contributed by atoms with Gasteiger partial charge in [-0.2, -0.15) is 0 Å². The minimum Gasteiger partial charge on any atom is -0.480 e. The highest BCUT2D eigenvalue weighted by Gasteiger charge is 2.32. The Balaban J connectivity index is 1.53. The van der Waals surface area contributed by atoms with Gasteiger partial charge < -0.3 is 19.7 Å². The summed E-state index contributed by atoms with van der Waals surface area (Å²) in [5, 5.41) is 13.4. The second-order valence-electron chi connectivity index (χ2n) is 9.76. The third kappa shape index (κ3) is 5.67. The van der Waals surface area contributed by atoms with Gasteiger partial charge in [0.1, 0.15) is 11.6 Å². The van der Waals surface area contributed by atoms with Gasteiger partial charge in [-0.1, -0.05) is 44.2 Å². The highest BCUT2D eigenvalue weighted by atomic mass is 32.2. The number of rotatable bonds is 9. The number of carbonyl (C=O) groups excluding carboxylic acids is 1. The summed E-state index contributed by atoms with van der Waals surface area (Å²) in [4.78, 5) is 26.7. The van der Waals surface area contributed by atoms with E-state index in [-0.39, 0.29) is 17.6 Å². The summed E-state index contributed by atoms with van der Waals surface area (Å²) in [5.41, 5.74) is 4.98. The number of nitrogens with zero attached hydrogens (tertiary/aromatic N) is 2. The molecule has 1 heterocycles. The third-order valence-corrected chi connectivity index (χ3v) is 7.30. The molecule has 204 valence electrons. The summed E-state index contributed by atoms with van der Waals surface area (Å²) in [7, 11) is 3.88. The van der Waals surface area contributed by atoms with E-state index in [0.717, 1.165) is 32.1 Å². The number of hydrogen-bond donors (Lipinski definition) is 3. The minimum atomic E-state index is -2.51. The van der Waals surface area contributed by atoms with Crippen LogP contribution in [0.3, 0.4) is 0 Å². The molecular weight excluding hydrogens is 518 g/mol. The van der Waals surface area contributed by atoms with Crippen molar-refractivity contribution in [1.29, 1.82) is 0 Å². The van der Waals surface area contributed by atoms with Gasteiger partial charge in [0.05, 0.1) is 5.69 Å². The smallest absolute Gasteiger partial charge is 0.327 e. The lowest BCUT2D eigenvalue weighted by Crippen LogP contribution is -2.45. The zero-order valence-electron chi connectivity index (χ0n) is 22.3. The fraction of sp³-hybridized carbons (Fsp3) is 0.241. The van der Waals surface area contributed by atoms with Crippen molar-refractivity contribution < 1.29 is 27.9 Å². The lowest BCUT2D eigenvalue weighted by Gasteiger charge is -2.29. The molecule has 0 bridgehead atoms. The fourth-order valence-electron chi connectivity index (χ4n) is 4.61. The molecule has 39 heavy (non-hydrogen) atoms. The zero-order chi connectivity index (χ0) is 28.4. The molecule has 1 aromatic heterocycles. The number of benzene rings is 3. The zero-order valence-corrected chi connectivity index (χ0v) is 23.2. The molecule has 2 atom stereocenters. The average Bonchev–Trinajstić information content (AvgIpc) is 3.23. The number of nitrogens with one attached hydrogen (secondary N) is 1. The van der Waals surface area contributed by atoms with Crippen molar-refractivity contribution in [3.63, 3.8) is 0 Å². The van der Waals surface area contributed by atoms with Crippen LogP contribution in [0.25, 0.3) is 22.1 Å². The summed E-state index contributed by atoms with van der Waals surface area (Å²) < 4.78 is 28.6. The number of amides is 1. The number of anilines is 3. The Labute approximate surface area is 229 Å². The van der Waals surface area contributed by atoms with E-state index in [2.05, 4.69) is 5.32 Å². The number of aryl methyl sites for hydroxylation is 1. The molecule has 4 aromatic rings. The van der Waals surface area contributed by atoms with E-state index in [1.54, 1.807) is 50.2 Å². The van der Waals surface area contributed by atoms with E-state index in [1.807, 2.05) is 56.3 Å². The first-order chi connectivity index (χ1) is 18.5. The molecule has 1 amide bonds. The van der Waals surface area contributed by atoms with Crippen molar-refractivity contribution in [2.45, 2.75) is 26.8 Å². The topological polar surface area (TPSA) is 123 Å². The molecular formula is C29H31N3O6S. The molecule has 0 aliphatic carbocycles. The Morgan fingerprint density at radius 3 is 2.05 bits per heavy atom. The number of fused-ring (bicyclic) bond motifs is 1. The maximum Gasteiger partial charge on any atom is 0.327 e. The molecule has 0 aliphatic rings. The molecule has 10 heteroatoms. The first-order valence-corrected chi connectivity index (χ1v) is 13.4. The third-order valence-electron chi connectivity index (χ3n) is 6.52. The number of hydrogen-bond acceptors (Lipinski definition) is 5. The van der Waals surface area contributed by atoms with Crippen LogP contribution in [0.5, 0.6) is 0 Å². The van der Waals surface area contributed by atoms with Crippen molar-refractivity contribution in [3.8, 4) is 11.1 Å². The average molecular weight is 550 g/mol. The molecule has 3 N–H and O–H groups in total. The van der Waals surface area contributed by atoms with Crippen LogP contribution in [0.15, 0.2) is 71.1 Å². The van der Waals surface area contributed by atoms with Gasteiger partial charge in [-0.3, -0.25) is 13.7 Å². The molecule has 0 aliphatic heterocycles. The lowest BCUT2D eigenvalue weighted by molar-refractivity contribution is -0.139. The quantitative estimate of drug-likeness (QED) is 0.226. The minimum absolute atomic E-state index is 0.255. The van der Waals surface area contributed by atoms with Crippen molar-refractivity contribution in [3.05, 3.63) is 78.1 Å². The summed E-state index contributed by atoms with van der Waals surface area (Å²) in [6.45, 7) is 5.24. The Morgan fingerprint density at radius 2 is 1.54 bits per heavy atom. The standard InChI is InChI=1S/C29H31N3O6S/c1-17(2)26(29(34)35)32(39(36)37)22-15-11-20(12-16-22)19-9-13-21(14-10-19)30-28(33)27-18(3)25-23(31(4)5)7-6-8-24(25)38-27/h6-17,26H,1-5H3,(H,30,33)(H,34,35)(H,36,37). The van der Waals surface area contributed by atoms with Crippen LogP contribution in [-0.4, -0.2) is 45.9 Å². The second-order valence-corrected chi connectivity index (χ2v) is 10.6. The van der Waals surface area contributed by atoms with E-state index < -0.39 is 23.3 Å². The van der Waals surface area contributed by atoms with Crippen LogP contribution in [0, 0.1) is 12.8 Å². The number of carbonyl (C=O) groups is 2. The normalized spacial score (nSPS) is 12.8. The second kappa shape index (κ2) is 11.3. The molecule has 3 aromatic carbocycles. The molecule has 0 fully saturated rings. The van der Waals surface area contributed by atoms with Gasteiger partial charge in [0, 0.05) is 36.4 Å². The van der Waals surface area contributed by atoms with Gasteiger partial charge in [-0.05, 0) is 60.4 Å². The van der Waals surface area contributed by atoms with Crippen LogP contribution < -0.4 is 14.5 Å². The van der Waals surface area contributed by atoms with Crippen LogP contribution in [0.1, 0.15) is 30.0 Å². The Morgan fingerprint density at radius 1 is 0.949 bits per heavy atom. The summed E-state index contributed by atoms with van der Waals surface area (Å²) in [6, 6.07) is 18.5. The predicted octanol–water partition coefficient (Wildman–Crippen LogP) is 5.78. The molecule has 2 unspecified atom stereocenters. The van der Waals surface area contributed by atoms with Crippen LogP contribution in [0.4, 0.5) is 17.1 Å². The lowest BCUT2D eigenvalue weighted by atomic mass is 10.0. The van der Waals surface area contributed by atoms with E-state index >= 15 is 0 Å². The van der Waals surface area contributed by atoms with Crippen LogP contribution >= 0.6 is 0 Å². The molecule has 9 nitrogen and oxygen atoms in total. The summed E-state index contributed by atoms with van der Waals surface area (Å²) in [5.74, 6) is -1.66. The highest BCUT2D eigenvalue weighted by molar-refractivity contribution is 7.80. The van der Waals surface area contributed by atoms with E-state index in [4.69, 9.17) is 4.42 Å². The van der Waals surface area contributed by atoms with Crippen molar-refractivity contribution in [2.75, 3.05) is 28.6 Å². The Bertz CT molecular complexity index is 1530. The maximum absolute atomic E-state index is 13.0. The van der Waals surface area contributed by atoms with Gasteiger partial charge in [0.15, 0.2) is 5.76 Å². The van der Waals surface area contributed by atoms with Gasteiger partial charge >= 0.3 is 5.97 Å². The number of furan rings is 1. The molecule has 0 saturated carbocycles. The van der Waals surface area contributed by atoms with Gasteiger partial charge in [-0.15, -0.1) is 0 Å². The molecule has 0 spiro atoms. The number of carboxylic acids is 1. The Kier molecular flexibility index (Phi) is 8.08. The maximum atomic E-state index is 13.0. The summed E-state index contributed by atoms with van der Waals surface area (Å²) in [6.07, 6.45) is 0. The fourth-order valence-corrected chi connectivity index (χ4v) is 5.44. The predicted molar refractivity (Wildman–Crippen MR) is 155 cm³/mol. The first kappa shape index (κ1) is 27.9. The number of carboxylic acid groups (broad SMARTS) is 1. The number of aliphatic carboxylic acids is 1. The highest BCUT2D eigenvalue weighted by Crippen LogP contribution is 2.33. The van der Waals surface area contributed by atoms with Gasteiger partial charge in [0.2, 0.25) is 0 Å². The van der Waals surface area contributed by atoms with E-state index in [0.29, 0.717) is 17.0 Å². The van der Waals surface area contributed by atoms with Crippen LogP contribution in [-0.2, 0) is 16.1 Å². The van der Waals surface area contributed by atoms with Crippen molar-refractivity contribution in [2.24, 2.45) is 5.92 Å². The van der Waals surface area contributed by atoms with Gasteiger partial charge in [0.25, 0.3) is 17.2 Å². The van der Waals surface area contributed by atoms with E-state index in [9.17, 15) is 23.5 Å². The molecule has 0 saturated heterocycles. The van der Waals surface area contributed by atoms with Crippen molar-refractivity contribution >= 4 is 51.2 Å². The molecule has 4 rings (SSSR count). The SMILES string of the molecule is Cc1c(C(=O)Nc2ccc(-c3ccc(N(C(C(=O)O)C(C)C)S(=O)O)cc3)cc2)oc2cccc(N(C)C)c12. The van der Waals surface area contributed by atoms with Gasteiger partial charge in [-0.25, -0.2) is 9.00 Å². The first-order valence-electron chi connectivity index (χ1n) is 12.3. The van der Waals surface area contributed by atoms with Crippen LogP contribution in [0.2, 0.25) is 0 Å². The van der Waals surface area contributed by atoms with E-state index in [1.165, 1.54) is 0 Å². The summed E-state index contributed by atoms with van der Waals surface area (Å²) >= 11 is -2.51. The van der Waals surface area contributed by atoms with Crippen molar-refractivity contribution in [1.82, 2.24) is 0 Å². The largest absolute Gasteiger partial charge is 0.480 e. The molecule has 0 radical (unpaired) electrons.